The van der Waals surface area contributed by atoms with Crippen LogP contribution in [0.15, 0.2) is 11.1 Å². The lowest BCUT2D eigenvalue weighted by Crippen LogP contribution is -2.25. The lowest BCUT2D eigenvalue weighted by molar-refractivity contribution is -0.118. The third kappa shape index (κ3) is 2.41. The Balaban J connectivity index is 2.88. The molecular weight excluding hydrogens is 164 g/mol. The molecule has 1 aliphatic carbocycles. The number of Topliss-reactive ketones (excluding diaryl/α,β-unsaturated/α-hetero) is 1. The molecule has 1 N–H and O–H groups in total. The number of carbonyl (C=O) groups is 1. The Labute approximate surface area is 79.6 Å². The molecular formula is C11H18O2. The van der Waals surface area contributed by atoms with E-state index in [-0.39, 0.29) is 17.8 Å². The van der Waals surface area contributed by atoms with Gasteiger partial charge >= 0.3 is 0 Å². The Morgan fingerprint density at radius 1 is 1.38 bits per heavy atom. The maximum atomic E-state index is 11.6. The van der Waals surface area contributed by atoms with Crippen molar-refractivity contribution in [2.45, 2.75) is 40.0 Å². The lowest BCUT2D eigenvalue weighted by atomic mass is 9.73. The smallest absolute Gasteiger partial charge is 0.159 e. The minimum absolute atomic E-state index is 0.0822. The van der Waals surface area contributed by atoms with Crippen LogP contribution in [0.4, 0.5) is 0 Å². The summed E-state index contributed by atoms with van der Waals surface area (Å²) in [7, 11) is 0. The van der Waals surface area contributed by atoms with Crippen LogP contribution in [0.2, 0.25) is 0 Å². The van der Waals surface area contributed by atoms with Crippen LogP contribution in [-0.2, 0) is 4.79 Å². The fraction of sp³-hybridized carbons (Fsp3) is 0.727. The average molecular weight is 182 g/mol. The van der Waals surface area contributed by atoms with Gasteiger partial charge in [0.25, 0.3) is 0 Å². The van der Waals surface area contributed by atoms with E-state index in [2.05, 4.69) is 13.8 Å². The van der Waals surface area contributed by atoms with E-state index < -0.39 is 0 Å². The summed E-state index contributed by atoms with van der Waals surface area (Å²) in [4.78, 5) is 11.6. The molecule has 0 amide bonds. The van der Waals surface area contributed by atoms with Crippen molar-refractivity contribution in [3.05, 3.63) is 11.1 Å². The van der Waals surface area contributed by atoms with Crippen LogP contribution in [0.3, 0.4) is 0 Å². The molecule has 1 aliphatic rings. The second-order valence-corrected chi connectivity index (χ2v) is 4.67. The number of hydrogen-bond acceptors (Lipinski definition) is 2. The zero-order valence-corrected chi connectivity index (χ0v) is 8.68. The Bertz CT molecular complexity index is 249. The summed E-state index contributed by atoms with van der Waals surface area (Å²) >= 11 is 0. The van der Waals surface area contributed by atoms with Crippen LogP contribution < -0.4 is 0 Å². The number of aliphatic hydroxyl groups excluding tert-OH is 1. The van der Waals surface area contributed by atoms with Crippen LogP contribution in [0, 0.1) is 5.41 Å². The highest BCUT2D eigenvalue weighted by Gasteiger charge is 2.30. The molecule has 13 heavy (non-hydrogen) atoms. The molecule has 0 bridgehead atoms. The zero-order chi connectivity index (χ0) is 10.1. The molecule has 2 nitrogen and oxygen atoms in total. The van der Waals surface area contributed by atoms with Crippen molar-refractivity contribution in [2.75, 3.05) is 6.61 Å². The van der Waals surface area contributed by atoms with Gasteiger partial charge in [-0.2, -0.15) is 0 Å². The van der Waals surface area contributed by atoms with E-state index in [1.807, 2.05) is 6.92 Å². The summed E-state index contributed by atoms with van der Waals surface area (Å²) in [6.07, 6.45) is 2.13. The van der Waals surface area contributed by atoms with Crippen LogP contribution in [0.1, 0.15) is 40.0 Å². The lowest BCUT2D eigenvalue weighted by Gasteiger charge is -2.30. The van der Waals surface area contributed by atoms with Gasteiger partial charge in [0.2, 0.25) is 0 Å². The van der Waals surface area contributed by atoms with Crippen LogP contribution in [0.5, 0.6) is 0 Å². The number of ketones is 1. The average Bonchev–Trinajstić information content (AvgIpc) is 1.94. The fourth-order valence-electron chi connectivity index (χ4n) is 2.13. The van der Waals surface area contributed by atoms with Crippen molar-refractivity contribution in [1.29, 1.82) is 0 Å². The maximum absolute atomic E-state index is 11.6. The summed E-state index contributed by atoms with van der Waals surface area (Å²) in [6, 6.07) is 0. The fourth-order valence-corrected chi connectivity index (χ4v) is 2.13. The Morgan fingerprint density at radius 2 is 2.00 bits per heavy atom. The largest absolute Gasteiger partial charge is 0.396 e. The predicted octanol–water partition coefficient (Wildman–Crippen LogP) is 2.07. The first-order chi connectivity index (χ1) is 5.96. The van der Waals surface area contributed by atoms with Gasteiger partial charge in [-0.3, -0.25) is 4.79 Å². The molecule has 0 unspecified atom stereocenters. The first-order valence-electron chi connectivity index (χ1n) is 4.79. The van der Waals surface area contributed by atoms with Gasteiger partial charge in [-0.15, -0.1) is 0 Å². The molecule has 0 aromatic carbocycles. The summed E-state index contributed by atoms with van der Waals surface area (Å²) < 4.78 is 0. The van der Waals surface area contributed by atoms with Gasteiger partial charge in [-0.1, -0.05) is 19.4 Å². The van der Waals surface area contributed by atoms with Crippen molar-refractivity contribution >= 4 is 5.78 Å². The topological polar surface area (TPSA) is 37.3 Å². The van der Waals surface area contributed by atoms with E-state index in [4.69, 9.17) is 5.11 Å². The summed E-state index contributed by atoms with van der Waals surface area (Å²) in [6.45, 7) is 6.32. The second kappa shape index (κ2) is 3.62. The molecule has 0 saturated heterocycles. The van der Waals surface area contributed by atoms with Crippen molar-refractivity contribution in [1.82, 2.24) is 0 Å². The van der Waals surface area contributed by atoms with Crippen LogP contribution in [-0.4, -0.2) is 17.5 Å². The van der Waals surface area contributed by atoms with Gasteiger partial charge in [0.1, 0.15) is 0 Å². The van der Waals surface area contributed by atoms with E-state index in [0.29, 0.717) is 12.8 Å². The Hall–Kier alpha value is -0.630. The summed E-state index contributed by atoms with van der Waals surface area (Å²) in [5.41, 5.74) is 2.14. The number of allylic oxidation sites excluding steroid dienone is 1. The summed E-state index contributed by atoms with van der Waals surface area (Å²) in [5, 5.41) is 8.80. The van der Waals surface area contributed by atoms with Gasteiger partial charge in [0.05, 0.1) is 0 Å². The number of rotatable bonds is 2. The minimum Gasteiger partial charge on any atom is -0.396 e. The van der Waals surface area contributed by atoms with Crippen molar-refractivity contribution < 1.29 is 9.90 Å². The van der Waals surface area contributed by atoms with Gasteiger partial charge < -0.3 is 5.11 Å². The molecule has 0 radical (unpaired) electrons. The van der Waals surface area contributed by atoms with E-state index in [1.54, 1.807) is 0 Å². The van der Waals surface area contributed by atoms with Crippen molar-refractivity contribution in [3.63, 3.8) is 0 Å². The molecule has 0 fully saturated rings. The number of carbonyl (C=O) groups excluding carboxylic acids is 1. The molecule has 74 valence electrons. The van der Waals surface area contributed by atoms with E-state index in [9.17, 15) is 4.79 Å². The minimum atomic E-state index is 0.0822. The molecule has 0 aromatic heterocycles. The SMILES string of the molecule is CC1=C(CCO)C(=O)CC(C)(C)C1. The number of aliphatic hydroxyl groups is 1. The molecule has 2 heteroatoms. The van der Waals surface area contributed by atoms with Gasteiger partial charge in [0.15, 0.2) is 5.78 Å². The van der Waals surface area contributed by atoms with Gasteiger partial charge in [0, 0.05) is 13.0 Å². The van der Waals surface area contributed by atoms with Crippen LogP contribution in [0.25, 0.3) is 0 Å². The highest BCUT2D eigenvalue weighted by Crippen LogP contribution is 2.37. The molecule has 0 atom stereocenters. The Morgan fingerprint density at radius 3 is 2.46 bits per heavy atom. The second-order valence-electron chi connectivity index (χ2n) is 4.67. The highest BCUT2D eigenvalue weighted by molar-refractivity contribution is 5.97. The molecule has 0 heterocycles. The maximum Gasteiger partial charge on any atom is 0.159 e. The first-order valence-corrected chi connectivity index (χ1v) is 4.79. The molecule has 1 rings (SSSR count). The first kappa shape index (κ1) is 10.5. The predicted molar refractivity (Wildman–Crippen MR) is 52.4 cm³/mol. The zero-order valence-electron chi connectivity index (χ0n) is 8.68. The molecule has 0 aromatic rings. The van der Waals surface area contributed by atoms with Crippen molar-refractivity contribution in [3.8, 4) is 0 Å². The monoisotopic (exact) mass is 182 g/mol. The van der Waals surface area contributed by atoms with Gasteiger partial charge in [-0.25, -0.2) is 0 Å². The van der Waals surface area contributed by atoms with E-state index in [1.165, 1.54) is 0 Å². The van der Waals surface area contributed by atoms with E-state index in [0.717, 1.165) is 17.6 Å². The van der Waals surface area contributed by atoms with Crippen molar-refractivity contribution in [2.24, 2.45) is 5.41 Å². The highest BCUT2D eigenvalue weighted by atomic mass is 16.3. The quantitative estimate of drug-likeness (QED) is 0.710. The van der Waals surface area contributed by atoms with Gasteiger partial charge in [-0.05, 0) is 30.8 Å². The molecule has 0 aliphatic heterocycles. The van der Waals surface area contributed by atoms with Crippen LogP contribution >= 0.6 is 0 Å². The number of hydrogen-bond donors (Lipinski definition) is 1. The third-order valence-electron chi connectivity index (χ3n) is 2.60. The summed E-state index contributed by atoms with van der Waals surface area (Å²) in [5.74, 6) is 0.225. The molecule has 0 saturated carbocycles. The standard InChI is InChI=1S/C11H18O2/c1-8-6-11(2,3)7-10(13)9(8)4-5-12/h12H,4-7H2,1-3H3. The molecule has 0 spiro atoms. The van der Waals surface area contributed by atoms with E-state index >= 15 is 0 Å². The Kier molecular flexibility index (Phi) is 2.91. The third-order valence-corrected chi connectivity index (χ3v) is 2.60. The normalized spacial score (nSPS) is 22.3.